The van der Waals surface area contributed by atoms with Gasteiger partial charge in [-0.2, -0.15) is 0 Å². The van der Waals surface area contributed by atoms with Crippen molar-refractivity contribution >= 4 is 29.6 Å². The zero-order valence-electron chi connectivity index (χ0n) is 25.0. The number of hydrogen-bond donors (Lipinski definition) is 2. The third-order valence-electron chi connectivity index (χ3n) is 7.91. The summed E-state index contributed by atoms with van der Waals surface area (Å²) in [4.78, 5) is 61.0. The van der Waals surface area contributed by atoms with Crippen molar-refractivity contribution in [3.8, 4) is 11.3 Å². The number of nitrogens with zero attached hydrogens (tertiary/aromatic N) is 4. The van der Waals surface area contributed by atoms with Gasteiger partial charge in [-0.3, -0.25) is 14.4 Å². The van der Waals surface area contributed by atoms with Crippen molar-refractivity contribution in [2.75, 3.05) is 50.8 Å². The Hall–Kier alpha value is -4.15. The minimum atomic E-state index is -1.06. The van der Waals surface area contributed by atoms with Gasteiger partial charge in [0.05, 0.1) is 12.3 Å². The summed E-state index contributed by atoms with van der Waals surface area (Å²) in [5.41, 5.74) is 2.59. The van der Waals surface area contributed by atoms with Gasteiger partial charge in [0.15, 0.2) is 0 Å². The molecule has 1 aromatic heterocycles. The van der Waals surface area contributed by atoms with Crippen LogP contribution in [0.1, 0.15) is 68.8 Å². The lowest BCUT2D eigenvalue weighted by molar-refractivity contribution is -0.138. The molecule has 0 saturated carbocycles. The third-order valence-corrected chi connectivity index (χ3v) is 7.91. The molecule has 2 aliphatic heterocycles. The second kappa shape index (κ2) is 15.9. The average molecular weight is 594 g/mol. The molecule has 2 fully saturated rings. The van der Waals surface area contributed by atoms with Crippen molar-refractivity contribution < 1.29 is 29.0 Å². The Balaban J connectivity index is 1.47. The van der Waals surface area contributed by atoms with Crippen LogP contribution in [0.15, 0.2) is 42.5 Å². The number of nitrogens with one attached hydrogen (secondary N) is 1. The summed E-state index contributed by atoms with van der Waals surface area (Å²) < 4.78 is 5.34. The molecule has 2 aliphatic rings. The molecule has 0 bridgehead atoms. The molecule has 0 aliphatic carbocycles. The maximum atomic E-state index is 13.6. The van der Waals surface area contributed by atoms with Crippen LogP contribution in [0.3, 0.4) is 0 Å². The Morgan fingerprint density at radius 1 is 0.930 bits per heavy atom. The highest BCUT2D eigenvalue weighted by Gasteiger charge is 2.31. The van der Waals surface area contributed by atoms with Crippen LogP contribution in [-0.4, -0.2) is 95.7 Å². The van der Waals surface area contributed by atoms with Crippen molar-refractivity contribution in [3.63, 3.8) is 0 Å². The minimum absolute atomic E-state index is 0.0586. The van der Waals surface area contributed by atoms with Gasteiger partial charge in [-0.25, -0.2) is 9.78 Å². The fourth-order valence-electron chi connectivity index (χ4n) is 5.41. The lowest BCUT2D eigenvalue weighted by atomic mass is 10.1. The number of carbonyl (C=O) groups excluding carboxylic acids is 3. The van der Waals surface area contributed by atoms with E-state index in [-0.39, 0.29) is 37.5 Å². The van der Waals surface area contributed by atoms with Crippen molar-refractivity contribution in [3.05, 3.63) is 48.2 Å². The number of carboxylic acids is 1. The number of carboxylic acid groups (broad SMARTS) is 1. The second-order valence-corrected chi connectivity index (χ2v) is 11.1. The quantitative estimate of drug-likeness (QED) is 0.351. The number of aromatic nitrogens is 1. The average Bonchev–Trinajstić information content (AvgIpc) is 3.05. The topological polar surface area (TPSA) is 132 Å². The molecule has 0 unspecified atom stereocenters. The highest BCUT2D eigenvalue weighted by Crippen LogP contribution is 2.27. The first kappa shape index (κ1) is 31.8. The van der Waals surface area contributed by atoms with E-state index >= 15 is 0 Å². The van der Waals surface area contributed by atoms with Crippen LogP contribution < -0.4 is 10.2 Å². The van der Waals surface area contributed by atoms with Gasteiger partial charge in [0, 0.05) is 56.9 Å². The van der Waals surface area contributed by atoms with Crippen LogP contribution in [0.4, 0.5) is 10.5 Å². The number of piperazine rings is 1. The number of hydrogen-bond acceptors (Lipinski definition) is 7. The van der Waals surface area contributed by atoms with E-state index in [4.69, 9.17) is 4.74 Å². The summed E-state index contributed by atoms with van der Waals surface area (Å²) in [6, 6.07) is 12.3. The summed E-state index contributed by atoms with van der Waals surface area (Å²) in [5, 5.41) is 12.1. The largest absolute Gasteiger partial charge is 0.481 e. The zero-order chi connectivity index (χ0) is 30.6. The number of unbranched alkanes of at least 4 members (excludes halogenated alkanes) is 2. The SMILES string of the molecule is CCCCCOC(=O)N1CCN(C(=O)[C@H](CCC(=O)O)NC(=O)c2cc(N3CCCCC3)cc(-c3ccccc3)n2)CC1. The molecule has 3 heterocycles. The maximum Gasteiger partial charge on any atom is 0.409 e. The second-order valence-electron chi connectivity index (χ2n) is 11.1. The van der Waals surface area contributed by atoms with Crippen LogP contribution in [0.5, 0.6) is 0 Å². The molecule has 2 saturated heterocycles. The maximum absolute atomic E-state index is 13.6. The molecule has 4 rings (SSSR count). The fourth-order valence-corrected chi connectivity index (χ4v) is 5.41. The molecule has 43 heavy (non-hydrogen) atoms. The van der Waals surface area contributed by atoms with Crippen LogP contribution >= 0.6 is 0 Å². The summed E-state index contributed by atoms with van der Waals surface area (Å²) in [7, 11) is 0. The summed E-state index contributed by atoms with van der Waals surface area (Å²) in [6.07, 6.45) is 5.41. The third kappa shape index (κ3) is 9.17. The monoisotopic (exact) mass is 593 g/mol. The molecule has 2 N–H and O–H groups in total. The van der Waals surface area contributed by atoms with E-state index in [1.807, 2.05) is 36.4 Å². The van der Waals surface area contributed by atoms with Gasteiger partial charge in [0.1, 0.15) is 11.7 Å². The van der Waals surface area contributed by atoms with Crippen LogP contribution in [0.2, 0.25) is 0 Å². The molecule has 232 valence electrons. The van der Waals surface area contributed by atoms with Gasteiger partial charge in [-0.05, 0) is 44.2 Å². The molecular formula is C32H43N5O6. The molecule has 11 nitrogen and oxygen atoms in total. The van der Waals surface area contributed by atoms with Gasteiger partial charge >= 0.3 is 12.1 Å². The normalized spacial score (nSPS) is 16.0. The Morgan fingerprint density at radius 2 is 1.63 bits per heavy atom. The Labute approximate surface area is 253 Å². The lowest BCUT2D eigenvalue weighted by Crippen LogP contribution is -2.56. The predicted octanol–water partition coefficient (Wildman–Crippen LogP) is 4.17. The highest BCUT2D eigenvalue weighted by molar-refractivity contribution is 5.97. The first-order chi connectivity index (χ1) is 20.9. The fraction of sp³-hybridized carbons (Fsp3) is 0.531. The van der Waals surface area contributed by atoms with Gasteiger partial charge in [-0.1, -0.05) is 50.1 Å². The number of carbonyl (C=O) groups is 4. The first-order valence-corrected chi connectivity index (χ1v) is 15.4. The van der Waals surface area contributed by atoms with Gasteiger partial charge in [-0.15, -0.1) is 0 Å². The summed E-state index contributed by atoms with van der Waals surface area (Å²) in [5.74, 6) is -1.96. The molecular weight excluding hydrogens is 550 g/mol. The lowest BCUT2D eigenvalue weighted by Gasteiger charge is -2.36. The highest BCUT2D eigenvalue weighted by atomic mass is 16.6. The Kier molecular flexibility index (Phi) is 11.8. The van der Waals surface area contributed by atoms with Crippen LogP contribution in [0, 0.1) is 0 Å². The Morgan fingerprint density at radius 3 is 2.30 bits per heavy atom. The van der Waals surface area contributed by atoms with E-state index in [0.29, 0.717) is 25.4 Å². The molecule has 1 atom stereocenters. The summed E-state index contributed by atoms with van der Waals surface area (Å²) >= 11 is 0. The van der Waals surface area contributed by atoms with E-state index in [2.05, 4.69) is 22.1 Å². The predicted molar refractivity (Wildman–Crippen MR) is 163 cm³/mol. The summed E-state index contributed by atoms with van der Waals surface area (Å²) in [6.45, 7) is 5.36. The van der Waals surface area contributed by atoms with E-state index in [9.17, 15) is 24.3 Å². The molecule has 3 amide bonds. The van der Waals surface area contributed by atoms with Gasteiger partial charge in [0.25, 0.3) is 5.91 Å². The standard InChI is InChI=1S/C32H43N5O6/c1-2-3-10-21-43-32(42)37-19-17-36(18-20-37)31(41)26(13-14-29(38)39)34-30(40)28-23-25(35-15-8-5-9-16-35)22-27(33-28)24-11-6-4-7-12-24/h4,6-7,11-12,22-23,26H,2-3,5,8-10,13-21H2,1H3,(H,34,40)(H,38,39)/t26-/m0/s1. The number of rotatable bonds is 12. The van der Waals surface area contributed by atoms with Crippen molar-refractivity contribution in [2.24, 2.45) is 0 Å². The molecule has 1 aromatic carbocycles. The molecule has 0 spiro atoms. The van der Waals surface area contributed by atoms with Crippen LogP contribution in [-0.2, 0) is 14.3 Å². The number of ether oxygens (including phenoxy) is 1. The van der Waals surface area contributed by atoms with Gasteiger partial charge in [0.2, 0.25) is 5.91 Å². The van der Waals surface area contributed by atoms with E-state index in [0.717, 1.165) is 56.4 Å². The zero-order valence-corrected chi connectivity index (χ0v) is 25.0. The number of anilines is 1. The van der Waals surface area contributed by atoms with Crippen molar-refractivity contribution in [1.29, 1.82) is 0 Å². The molecule has 11 heteroatoms. The van der Waals surface area contributed by atoms with Crippen molar-refractivity contribution in [1.82, 2.24) is 20.1 Å². The van der Waals surface area contributed by atoms with Crippen molar-refractivity contribution in [2.45, 2.75) is 64.3 Å². The number of pyridine rings is 1. The molecule has 0 radical (unpaired) electrons. The smallest absolute Gasteiger partial charge is 0.409 e. The van der Waals surface area contributed by atoms with Gasteiger partial charge < -0.3 is 29.9 Å². The van der Waals surface area contributed by atoms with E-state index in [1.54, 1.807) is 15.9 Å². The Bertz CT molecular complexity index is 1240. The minimum Gasteiger partial charge on any atom is -0.481 e. The number of aliphatic carboxylic acids is 1. The number of amides is 3. The number of piperidine rings is 1. The molecule has 2 aromatic rings. The van der Waals surface area contributed by atoms with Crippen LogP contribution in [0.25, 0.3) is 11.3 Å². The van der Waals surface area contributed by atoms with E-state index in [1.165, 1.54) is 6.42 Å². The first-order valence-electron chi connectivity index (χ1n) is 15.4. The van der Waals surface area contributed by atoms with E-state index < -0.39 is 24.0 Å². The number of benzene rings is 1.